The minimum absolute atomic E-state index is 0.232. The summed E-state index contributed by atoms with van der Waals surface area (Å²) in [6.45, 7) is 4.42. The molecule has 0 spiro atoms. The Balaban J connectivity index is 1.85. The lowest BCUT2D eigenvalue weighted by molar-refractivity contribution is 0.112. The highest BCUT2D eigenvalue weighted by atomic mass is 31.2. The van der Waals surface area contributed by atoms with Crippen LogP contribution in [0.2, 0.25) is 0 Å². The molecule has 34 heavy (non-hydrogen) atoms. The zero-order valence-electron chi connectivity index (χ0n) is 19.3. The molecular formula is C28H27O5P. The fourth-order valence-electron chi connectivity index (χ4n) is 3.98. The van der Waals surface area contributed by atoms with Crippen LogP contribution in [0.3, 0.4) is 0 Å². The largest absolute Gasteiger partial charge is 0.489 e. The molecule has 0 aliphatic rings. The van der Waals surface area contributed by atoms with Crippen LogP contribution in [0.1, 0.15) is 29.8 Å². The smallest absolute Gasteiger partial charge is 0.361 e. The van der Waals surface area contributed by atoms with Gasteiger partial charge in [-0.05, 0) is 60.0 Å². The molecule has 0 bridgehead atoms. The molecule has 0 aliphatic heterocycles. The standard InChI is InChI=1S/C28H27O5P/c1-3-32-34(30,33-4-2)27-17-14-22-12-8-9-13-25(22)28(27)26-16-15-24(18-23(26)19-29)31-20-21-10-6-5-7-11-21/h5-19H,3-4,20H2,1-2H3. The molecule has 0 atom stereocenters. The quantitative estimate of drug-likeness (QED) is 0.187. The average molecular weight is 474 g/mol. The van der Waals surface area contributed by atoms with Gasteiger partial charge >= 0.3 is 7.60 Å². The van der Waals surface area contributed by atoms with Crippen molar-refractivity contribution in [3.8, 4) is 16.9 Å². The number of ether oxygens (including phenoxy) is 1. The lowest BCUT2D eigenvalue weighted by Gasteiger charge is -2.22. The Morgan fingerprint density at radius 3 is 2.24 bits per heavy atom. The Morgan fingerprint density at radius 2 is 1.53 bits per heavy atom. The second kappa shape index (κ2) is 10.8. The first-order valence-corrected chi connectivity index (χ1v) is 12.8. The van der Waals surface area contributed by atoms with Crippen molar-refractivity contribution in [3.05, 3.63) is 96.1 Å². The van der Waals surface area contributed by atoms with Gasteiger partial charge in [-0.1, -0.05) is 60.7 Å². The van der Waals surface area contributed by atoms with E-state index in [-0.39, 0.29) is 13.2 Å². The molecule has 0 heterocycles. The van der Waals surface area contributed by atoms with Crippen LogP contribution in [-0.2, 0) is 20.2 Å². The summed E-state index contributed by atoms with van der Waals surface area (Å²) in [5, 5.41) is 2.26. The third-order valence-electron chi connectivity index (χ3n) is 5.47. The Morgan fingerprint density at radius 1 is 0.824 bits per heavy atom. The van der Waals surface area contributed by atoms with E-state index in [4.69, 9.17) is 13.8 Å². The van der Waals surface area contributed by atoms with Crippen LogP contribution in [0.4, 0.5) is 0 Å². The topological polar surface area (TPSA) is 61.8 Å². The number of rotatable bonds is 10. The molecule has 0 radical (unpaired) electrons. The molecule has 0 aromatic heterocycles. The number of hydrogen-bond donors (Lipinski definition) is 0. The molecule has 0 N–H and O–H groups in total. The van der Waals surface area contributed by atoms with E-state index < -0.39 is 7.60 Å². The predicted octanol–water partition coefficient (Wildman–Crippen LogP) is 6.79. The summed E-state index contributed by atoms with van der Waals surface area (Å²) >= 11 is 0. The minimum atomic E-state index is -3.62. The van der Waals surface area contributed by atoms with Crippen LogP contribution < -0.4 is 10.0 Å². The second-order valence-corrected chi connectivity index (χ2v) is 9.65. The summed E-state index contributed by atoms with van der Waals surface area (Å²) < 4.78 is 31.1. The van der Waals surface area contributed by atoms with Crippen LogP contribution in [0.25, 0.3) is 21.9 Å². The summed E-state index contributed by atoms with van der Waals surface area (Å²) in [7, 11) is -3.62. The zero-order valence-corrected chi connectivity index (χ0v) is 20.2. The van der Waals surface area contributed by atoms with Crippen molar-refractivity contribution in [1.29, 1.82) is 0 Å². The molecule has 0 saturated heterocycles. The maximum Gasteiger partial charge on any atom is 0.361 e. The van der Waals surface area contributed by atoms with E-state index >= 15 is 0 Å². The van der Waals surface area contributed by atoms with E-state index in [1.54, 1.807) is 26.0 Å². The molecule has 0 amide bonds. The molecule has 4 aromatic rings. The zero-order chi connectivity index (χ0) is 24.0. The van der Waals surface area contributed by atoms with E-state index in [1.807, 2.05) is 72.8 Å². The van der Waals surface area contributed by atoms with Crippen LogP contribution in [0.15, 0.2) is 84.9 Å². The number of hydrogen-bond acceptors (Lipinski definition) is 5. The van der Waals surface area contributed by atoms with Gasteiger partial charge in [-0.3, -0.25) is 9.36 Å². The average Bonchev–Trinajstić information content (AvgIpc) is 2.87. The number of carbonyl (C=O) groups excluding carboxylic acids is 1. The van der Waals surface area contributed by atoms with Gasteiger partial charge in [0.1, 0.15) is 12.4 Å². The van der Waals surface area contributed by atoms with Crippen LogP contribution >= 0.6 is 7.60 Å². The first-order valence-electron chi connectivity index (χ1n) is 11.3. The molecule has 6 heteroatoms. The highest BCUT2D eigenvalue weighted by Crippen LogP contribution is 2.50. The molecule has 0 fully saturated rings. The third kappa shape index (κ3) is 4.97. The summed E-state index contributed by atoms with van der Waals surface area (Å²) in [4.78, 5) is 12.2. The molecule has 0 unspecified atom stereocenters. The van der Waals surface area contributed by atoms with Gasteiger partial charge in [0.05, 0.1) is 18.5 Å². The Kier molecular flexibility index (Phi) is 7.59. The Hall–Kier alpha value is -3.24. The molecular weight excluding hydrogens is 447 g/mol. The van der Waals surface area contributed by atoms with Gasteiger partial charge in [-0.2, -0.15) is 0 Å². The van der Waals surface area contributed by atoms with Crippen LogP contribution in [0.5, 0.6) is 5.75 Å². The fourth-order valence-corrected chi connectivity index (χ4v) is 5.79. The lowest BCUT2D eigenvalue weighted by atomic mass is 9.94. The summed E-state index contributed by atoms with van der Waals surface area (Å²) in [6.07, 6.45) is 0.794. The van der Waals surface area contributed by atoms with E-state index in [1.165, 1.54) is 0 Å². The Labute approximate surface area is 199 Å². The summed E-state index contributed by atoms with van der Waals surface area (Å²) in [5.74, 6) is 0.578. The third-order valence-corrected chi connectivity index (χ3v) is 7.63. The van der Waals surface area contributed by atoms with Crippen molar-refractivity contribution in [2.75, 3.05) is 13.2 Å². The van der Waals surface area contributed by atoms with E-state index in [0.29, 0.717) is 34.4 Å². The van der Waals surface area contributed by atoms with Crippen molar-refractivity contribution in [3.63, 3.8) is 0 Å². The lowest BCUT2D eigenvalue weighted by Crippen LogP contribution is -2.14. The van der Waals surface area contributed by atoms with Gasteiger partial charge in [-0.15, -0.1) is 0 Å². The minimum Gasteiger partial charge on any atom is -0.489 e. The van der Waals surface area contributed by atoms with Crippen molar-refractivity contribution >= 4 is 30.0 Å². The molecule has 4 aromatic carbocycles. The number of aldehydes is 1. The second-order valence-electron chi connectivity index (χ2n) is 7.66. The number of fused-ring (bicyclic) bond motifs is 1. The highest BCUT2D eigenvalue weighted by molar-refractivity contribution is 7.62. The number of benzene rings is 4. The van der Waals surface area contributed by atoms with Gasteiger partial charge in [0.25, 0.3) is 0 Å². The predicted molar refractivity (Wildman–Crippen MR) is 136 cm³/mol. The van der Waals surface area contributed by atoms with Gasteiger partial charge in [0, 0.05) is 11.1 Å². The van der Waals surface area contributed by atoms with Gasteiger partial charge in [0.15, 0.2) is 6.29 Å². The van der Waals surface area contributed by atoms with E-state index in [0.717, 1.165) is 22.6 Å². The van der Waals surface area contributed by atoms with Crippen molar-refractivity contribution in [1.82, 2.24) is 0 Å². The maximum absolute atomic E-state index is 13.8. The van der Waals surface area contributed by atoms with Gasteiger partial charge in [-0.25, -0.2) is 0 Å². The summed E-state index contributed by atoms with van der Waals surface area (Å²) in [5.41, 5.74) is 2.78. The maximum atomic E-state index is 13.8. The SMILES string of the molecule is CCOP(=O)(OCC)c1ccc2ccccc2c1-c1ccc(OCc2ccccc2)cc1C=O. The van der Waals surface area contributed by atoms with Crippen molar-refractivity contribution in [2.45, 2.75) is 20.5 Å². The fraction of sp³-hybridized carbons (Fsp3) is 0.179. The van der Waals surface area contributed by atoms with E-state index in [2.05, 4.69) is 0 Å². The molecule has 0 aliphatic carbocycles. The highest BCUT2D eigenvalue weighted by Gasteiger charge is 2.31. The van der Waals surface area contributed by atoms with Crippen molar-refractivity contribution < 1.29 is 23.1 Å². The monoisotopic (exact) mass is 474 g/mol. The van der Waals surface area contributed by atoms with Gasteiger partial charge < -0.3 is 13.8 Å². The van der Waals surface area contributed by atoms with E-state index in [9.17, 15) is 9.36 Å². The Bertz CT molecular complexity index is 1320. The molecule has 4 rings (SSSR count). The summed E-state index contributed by atoms with van der Waals surface area (Å²) in [6, 6.07) is 26.7. The molecule has 174 valence electrons. The first kappa shape index (κ1) is 23.9. The number of carbonyl (C=O) groups is 1. The van der Waals surface area contributed by atoms with Crippen LogP contribution in [-0.4, -0.2) is 19.5 Å². The molecule has 0 saturated carbocycles. The molecule has 5 nitrogen and oxygen atoms in total. The first-order chi connectivity index (χ1) is 16.6. The van der Waals surface area contributed by atoms with Gasteiger partial charge in [0.2, 0.25) is 0 Å². The van der Waals surface area contributed by atoms with Crippen molar-refractivity contribution in [2.24, 2.45) is 0 Å². The van der Waals surface area contributed by atoms with Crippen LogP contribution in [0, 0.1) is 0 Å². The normalized spacial score (nSPS) is 11.5.